The minimum absolute atomic E-state index is 0.167. The molecule has 0 saturated carbocycles. The van der Waals surface area contributed by atoms with E-state index in [4.69, 9.17) is 5.14 Å². The van der Waals surface area contributed by atoms with Crippen LogP contribution in [0.2, 0.25) is 0 Å². The molecule has 0 amide bonds. The number of nitrogens with two attached hydrogens (primary N) is 1. The Morgan fingerprint density at radius 2 is 2.10 bits per heavy atom. The average Bonchev–Trinajstić information content (AvgIpc) is 2.85. The van der Waals surface area contributed by atoms with Crippen LogP contribution in [0.25, 0.3) is 0 Å². The third-order valence-electron chi connectivity index (χ3n) is 4.35. The number of nitrogens with one attached hydrogen (secondary N) is 1. The fourth-order valence-corrected chi connectivity index (χ4v) is 3.91. The summed E-state index contributed by atoms with van der Waals surface area (Å²) in [6.07, 6.45) is 4.84. The third kappa shape index (κ3) is 2.97. The van der Waals surface area contributed by atoms with Crippen molar-refractivity contribution >= 4 is 15.7 Å². The van der Waals surface area contributed by atoms with E-state index in [0.717, 1.165) is 25.1 Å². The Kier molecular flexibility index (Phi) is 3.70. The number of hydrogen-bond acceptors (Lipinski definition) is 4. The van der Waals surface area contributed by atoms with Crippen LogP contribution in [0, 0.1) is 0 Å². The van der Waals surface area contributed by atoms with Gasteiger partial charge in [-0.2, -0.15) is 0 Å². The zero-order chi connectivity index (χ0) is 14.2. The van der Waals surface area contributed by atoms with Gasteiger partial charge in [0.15, 0.2) is 0 Å². The summed E-state index contributed by atoms with van der Waals surface area (Å²) >= 11 is 0. The van der Waals surface area contributed by atoms with Gasteiger partial charge >= 0.3 is 0 Å². The predicted octanol–water partition coefficient (Wildman–Crippen LogP) is 1.37. The van der Waals surface area contributed by atoms with Crippen LogP contribution in [0.15, 0.2) is 29.2 Å². The first kappa shape index (κ1) is 13.9. The molecule has 6 heteroatoms. The molecule has 1 aromatic rings. The lowest BCUT2D eigenvalue weighted by Gasteiger charge is -2.35. The highest BCUT2D eigenvalue weighted by Gasteiger charge is 2.31. The summed E-state index contributed by atoms with van der Waals surface area (Å²) in [5.41, 5.74) is 0.841. The largest absolute Gasteiger partial charge is 0.382 e. The van der Waals surface area contributed by atoms with Gasteiger partial charge in [-0.25, -0.2) is 13.6 Å². The lowest BCUT2D eigenvalue weighted by atomic mass is 9.97. The molecule has 2 heterocycles. The Hall–Kier alpha value is -1.11. The molecule has 2 unspecified atom stereocenters. The molecule has 5 nitrogen and oxygen atoms in total. The van der Waals surface area contributed by atoms with Gasteiger partial charge in [-0.15, -0.1) is 0 Å². The lowest BCUT2D eigenvalue weighted by molar-refractivity contribution is 0.188. The topological polar surface area (TPSA) is 75.4 Å². The Morgan fingerprint density at radius 1 is 1.25 bits per heavy atom. The summed E-state index contributed by atoms with van der Waals surface area (Å²) in [5, 5.41) is 8.63. The molecule has 0 radical (unpaired) electrons. The maximum Gasteiger partial charge on any atom is 0.238 e. The van der Waals surface area contributed by atoms with Gasteiger partial charge in [0, 0.05) is 24.3 Å². The monoisotopic (exact) mass is 295 g/mol. The first-order valence-electron chi connectivity index (χ1n) is 7.16. The Bertz CT molecular complexity index is 588. The lowest BCUT2D eigenvalue weighted by Crippen LogP contribution is -2.42. The number of benzene rings is 1. The van der Waals surface area contributed by atoms with Gasteiger partial charge in [0.25, 0.3) is 0 Å². The van der Waals surface area contributed by atoms with Gasteiger partial charge in [-0.1, -0.05) is 6.07 Å². The second-order valence-electron chi connectivity index (χ2n) is 5.77. The molecular formula is C14H21N3O2S. The van der Waals surface area contributed by atoms with E-state index in [2.05, 4.69) is 10.2 Å². The molecule has 2 aliphatic heterocycles. The highest BCUT2D eigenvalue weighted by Crippen LogP contribution is 2.28. The molecule has 2 fully saturated rings. The second-order valence-corrected chi connectivity index (χ2v) is 7.33. The quantitative estimate of drug-likeness (QED) is 0.883. The van der Waals surface area contributed by atoms with Crippen LogP contribution in [0.5, 0.6) is 0 Å². The summed E-state index contributed by atoms with van der Waals surface area (Å²) in [4.78, 5) is 2.74. The van der Waals surface area contributed by atoms with Crippen LogP contribution in [-0.2, 0) is 10.0 Å². The predicted molar refractivity (Wildman–Crippen MR) is 79.1 cm³/mol. The van der Waals surface area contributed by atoms with Gasteiger partial charge in [-0.3, -0.25) is 0 Å². The molecular weight excluding hydrogens is 274 g/mol. The SMILES string of the molecule is NS(=O)(=O)c1cccc(NC2CCN3CCCC3C2)c1. The summed E-state index contributed by atoms with van der Waals surface area (Å²) in [6.45, 7) is 2.37. The van der Waals surface area contributed by atoms with E-state index in [1.807, 2.05) is 6.07 Å². The number of fused-ring (bicyclic) bond motifs is 1. The van der Waals surface area contributed by atoms with Crippen molar-refractivity contribution in [3.63, 3.8) is 0 Å². The second kappa shape index (κ2) is 5.35. The van der Waals surface area contributed by atoms with Crippen molar-refractivity contribution in [1.82, 2.24) is 4.90 Å². The maximum atomic E-state index is 11.4. The summed E-state index contributed by atoms with van der Waals surface area (Å²) < 4.78 is 22.7. The van der Waals surface area contributed by atoms with Crippen LogP contribution >= 0.6 is 0 Å². The minimum Gasteiger partial charge on any atom is -0.382 e. The maximum absolute atomic E-state index is 11.4. The fraction of sp³-hybridized carbons (Fsp3) is 0.571. The van der Waals surface area contributed by atoms with E-state index < -0.39 is 10.0 Å². The molecule has 110 valence electrons. The molecule has 1 aromatic carbocycles. The normalized spacial score (nSPS) is 27.2. The molecule has 0 aromatic heterocycles. The van der Waals surface area contributed by atoms with Crippen molar-refractivity contribution in [3.8, 4) is 0 Å². The standard InChI is InChI=1S/C14H21N3O2S/c15-20(18,19)14-5-1-3-11(10-14)16-12-6-8-17-7-2-4-13(17)9-12/h1,3,5,10,12-13,16H,2,4,6-9H2,(H2,15,18,19). The van der Waals surface area contributed by atoms with E-state index in [1.54, 1.807) is 12.1 Å². The smallest absolute Gasteiger partial charge is 0.238 e. The summed E-state index contributed by atoms with van der Waals surface area (Å²) in [5.74, 6) is 0. The number of sulfonamides is 1. The molecule has 0 spiro atoms. The van der Waals surface area contributed by atoms with E-state index in [-0.39, 0.29) is 4.90 Å². The van der Waals surface area contributed by atoms with Crippen LogP contribution < -0.4 is 10.5 Å². The number of anilines is 1. The highest BCUT2D eigenvalue weighted by atomic mass is 32.2. The van der Waals surface area contributed by atoms with Crippen molar-refractivity contribution in [2.45, 2.75) is 42.7 Å². The first-order chi connectivity index (χ1) is 9.52. The number of piperidine rings is 1. The number of nitrogens with zero attached hydrogens (tertiary/aromatic N) is 1. The fourth-order valence-electron chi connectivity index (χ4n) is 3.35. The van der Waals surface area contributed by atoms with E-state index in [9.17, 15) is 8.42 Å². The first-order valence-corrected chi connectivity index (χ1v) is 8.70. The van der Waals surface area contributed by atoms with E-state index in [1.165, 1.54) is 25.5 Å². The molecule has 2 atom stereocenters. The Labute approximate surface area is 120 Å². The van der Waals surface area contributed by atoms with Gasteiger partial charge < -0.3 is 10.2 Å². The van der Waals surface area contributed by atoms with Gasteiger partial charge in [0.1, 0.15) is 0 Å². The minimum atomic E-state index is -3.63. The molecule has 3 N–H and O–H groups in total. The Balaban J connectivity index is 1.69. The van der Waals surface area contributed by atoms with Gasteiger partial charge in [0.2, 0.25) is 10.0 Å². The average molecular weight is 295 g/mol. The van der Waals surface area contributed by atoms with Crippen molar-refractivity contribution in [1.29, 1.82) is 0 Å². The molecule has 0 aliphatic carbocycles. The molecule has 2 aliphatic rings. The summed E-state index contributed by atoms with van der Waals surface area (Å²) in [7, 11) is -3.63. The van der Waals surface area contributed by atoms with Crippen molar-refractivity contribution in [2.75, 3.05) is 18.4 Å². The van der Waals surface area contributed by atoms with E-state index >= 15 is 0 Å². The van der Waals surface area contributed by atoms with Crippen molar-refractivity contribution in [2.24, 2.45) is 5.14 Å². The number of hydrogen-bond donors (Lipinski definition) is 2. The van der Waals surface area contributed by atoms with Crippen molar-refractivity contribution < 1.29 is 8.42 Å². The highest BCUT2D eigenvalue weighted by molar-refractivity contribution is 7.89. The number of primary sulfonamides is 1. The Morgan fingerprint density at radius 3 is 2.90 bits per heavy atom. The molecule has 2 saturated heterocycles. The molecule has 3 rings (SSSR count). The zero-order valence-electron chi connectivity index (χ0n) is 11.5. The van der Waals surface area contributed by atoms with Crippen LogP contribution in [0.1, 0.15) is 25.7 Å². The molecule has 20 heavy (non-hydrogen) atoms. The van der Waals surface area contributed by atoms with Crippen LogP contribution in [0.4, 0.5) is 5.69 Å². The van der Waals surface area contributed by atoms with E-state index in [0.29, 0.717) is 12.1 Å². The molecule has 0 bridgehead atoms. The van der Waals surface area contributed by atoms with Gasteiger partial charge in [0.05, 0.1) is 4.90 Å². The zero-order valence-corrected chi connectivity index (χ0v) is 12.3. The number of rotatable bonds is 3. The van der Waals surface area contributed by atoms with Crippen LogP contribution in [0.3, 0.4) is 0 Å². The van der Waals surface area contributed by atoms with Gasteiger partial charge in [-0.05, 0) is 50.4 Å². The third-order valence-corrected chi connectivity index (χ3v) is 5.26. The summed E-state index contributed by atoms with van der Waals surface area (Å²) in [6, 6.07) is 7.89. The van der Waals surface area contributed by atoms with Crippen molar-refractivity contribution in [3.05, 3.63) is 24.3 Å². The van der Waals surface area contributed by atoms with Crippen LogP contribution in [-0.4, -0.2) is 38.5 Å².